The predicted octanol–water partition coefficient (Wildman–Crippen LogP) is 21.7. The van der Waals surface area contributed by atoms with Gasteiger partial charge in [-0.2, -0.15) is 0 Å². The monoisotopic (exact) mass is 1180 g/mol. The van der Waals surface area contributed by atoms with Crippen molar-refractivity contribution in [3.63, 3.8) is 0 Å². The van der Waals surface area contributed by atoms with E-state index in [9.17, 15) is 19.0 Å². The minimum atomic E-state index is -4.47. The van der Waals surface area contributed by atoms with E-state index in [1.54, 1.807) is 0 Å². The maximum atomic E-state index is 13.6. The van der Waals surface area contributed by atoms with Gasteiger partial charge in [0.05, 0.1) is 33.8 Å². The van der Waals surface area contributed by atoms with Gasteiger partial charge in [0.1, 0.15) is 19.3 Å². The standard InChI is InChI=1S/C73H129N2O7P/c1-7-10-13-16-19-22-25-28-30-32-34-35-36-37-38-39-41-42-44-47-50-53-56-59-62-65-72(76)74-70(69-81-83(78,79)80-68-67-75(4,5)6)71(64-61-58-55-52-49-46-27-24-21-18-15-12-9-3)82-73(77)66-63-60-57-54-51-48-45-43-40-33-31-29-26-23-20-17-14-11-8-2/h19-20,22-23,28-31,34-35,37-38,40,43,48,51,61,64,70-71H,7-18,21,24-27,32-33,36,39,41-42,44-47,49-50,52-60,62-63,65-69H2,1-6H3,(H-,74,76,78,79)/p+1/b22-19-,23-20-,30-28-,31-29-,35-34-,38-37-,43-40-,51-48-,64-61-. The van der Waals surface area contributed by atoms with E-state index in [2.05, 4.69) is 123 Å². The van der Waals surface area contributed by atoms with Crippen molar-refractivity contribution in [3.05, 3.63) is 109 Å². The Bertz CT molecular complexity index is 1790. The van der Waals surface area contributed by atoms with Crippen LogP contribution >= 0.6 is 7.82 Å². The molecule has 3 unspecified atom stereocenters. The summed E-state index contributed by atoms with van der Waals surface area (Å²) in [6.45, 7) is 6.94. The maximum Gasteiger partial charge on any atom is 0.472 e. The number of carbonyl (C=O) groups is 2. The molecule has 0 radical (unpaired) electrons. The molecule has 0 aromatic rings. The van der Waals surface area contributed by atoms with Gasteiger partial charge in [-0.05, 0) is 122 Å². The van der Waals surface area contributed by atoms with Crippen LogP contribution in [0.5, 0.6) is 0 Å². The number of carbonyl (C=O) groups excluding carboxylic acids is 2. The number of rotatable bonds is 61. The van der Waals surface area contributed by atoms with Crippen molar-refractivity contribution in [1.82, 2.24) is 5.32 Å². The van der Waals surface area contributed by atoms with Crippen LogP contribution in [0.2, 0.25) is 0 Å². The highest BCUT2D eigenvalue weighted by atomic mass is 31.2. The van der Waals surface area contributed by atoms with Crippen molar-refractivity contribution in [2.75, 3.05) is 40.9 Å². The van der Waals surface area contributed by atoms with Gasteiger partial charge in [-0.1, -0.05) is 265 Å². The lowest BCUT2D eigenvalue weighted by Gasteiger charge is -2.27. The largest absolute Gasteiger partial charge is 0.472 e. The molecule has 0 heterocycles. The Labute approximate surface area is 512 Å². The number of nitrogens with zero attached hydrogens (tertiary/aromatic N) is 1. The predicted molar refractivity (Wildman–Crippen MR) is 360 cm³/mol. The first-order valence-corrected chi connectivity index (χ1v) is 35.7. The summed E-state index contributed by atoms with van der Waals surface area (Å²) < 4.78 is 30.8. The minimum absolute atomic E-state index is 0.0285. The average Bonchev–Trinajstić information content (AvgIpc) is 3.46. The lowest BCUT2D eigenvalue weighted by molar-refractivity contribution is -0.870. The molecule has 0 bridgehead atoms. The first-order valence-electron chi connectivity index (χ1n) is 34.2. The smallest absolute Gasteiger partial charge is 0.456 e. The molecule has 478 valence electrons. The number of likely N-dealkylation sites (N-methyl/N-ethyl adjacent to an activating group) is 1. The quantitative estimate of drug-likeness (QED) is 0.0205. The minimum Gasteiger partial charge on any atom is -0.456 e. The van der Waals surface area contributed by atoms with Crippen LogP contribution in [0.3, 0.4) is 0 Å². The summed E-state index contributed by atoms with van der Waals surface area (Å²) >= 11 is 0. The number of amides is 1. The Hall–Kier alpha value is -3.33. The molecule has 3 atom stereocenters. The van der Waals surface area contributed by atoms with E-state index in [4.69, 9.17) is 13.8 Å². The summed E-state index contributed by atoms with van der Waals surface area (Å²) in [6.07, 6.45) is 85.1. The van der Waals surface area contributed by atoms with Gasteiger partial charge in [0.15, 0.2) is 0 Å². The summed E-state index contributed by atoms with van der Waals surface area (Å²) in [5, 5.41) is 3.06. The Morgan fingerprint density at radius 1 is 0.422 bits per heavy atom. The highest BCUT2D eigenvalue weighted by molar-refractivity contribution is 7.47. The molecular weight excluding hydrogens is 1050 g/mol. The van der Waals surface area contributed by atoms with Crippen LogP contribution in [-0.2, 0) is 27.9 Å². The topological polar surface area (TPSA) is 111 Å². The zero-order valence-electron chi connectivity index (χ0n) is 54.7. The molecule has 83 heavy (non-hydrogen) atoms. The van der Waals surface area contributed by atoms with Crippen LogP contribution in [-0.4, -0.2) is 74.3 Å². The second-order valence-electron chi connectivity index (χ2n) is 24.0. The SMILES string of the molecule is CCCCC/C=C\C/C=C\C/C=C\C/C=C\CCCCCCCCCCCC(=O)NC(COP(=O)(O)OCC[N+](C)(C)C)C(/C=C\CCCCCCCCCCCCC)OC(=O)CCCCC/C=C\C/C=C\C/C=C\C/C=C\CCCCC. The summed E-state index contributed by atoms with van der Waals surface area (Å²) in [7, 11) is 1.46. The van der Waals surface area contributed by atoms with E-state index >= 15 is 0 Å². The summed E-state index contributed by atoms with van der Waals surface area (Å²) in [6, 6.07) is -0.873. The van der Waals surface area contributed by atoms with Gasteiger partial charge in [0.25, 0.3) is 0 Å². The van der Waals surface area contributed by atoms with Gasteiger partial charge in [-0.3, -0.25) is 18.6 Å². The number of esters is 1. The molecule has 0 spiro atoms. The summed E-state index contributed by atoms with van der Waals surface area (Å²) in [5.74, 6) is -0.549. The first-order chi connectivity index (χ1) is 40.4. The number of hydrogen-bond donors (Lipinski definition) is 2. The third kappa shape index (κ3) is 63.0. The summed E-state index contributed by atoms with van der Waals surface area (Å²) in [4.78, 5) is 37.9. The van der Waals surface area contributed by atoms with Crippen LogP contribution in [0.1, 0.15) is 290 Å². The first kappa shape index (κ1) is 79.7. The number of phosphoric acid groups is 1. The molecule has 0 aliphatic heterocycles. The Balaban J connectivity index is 5.23. The third-order valence-electron chi connectivity index (χ3n) is 14.7. The van der Waals surface area contributed by atoms with E-state index in [0.717, 1.165) is 109 Å². The summed E-state index contributed by atoms with van der Waals surface area (Å²) in [5.41, 5.74) is 0. The van der Waals surface area contributed by atoms with E-state index < -0.39 is 20.0 Å². The number of ether oxygens (including phenoxy) is 1. The molecule has 0 saturated carbocycles. The van der Waals surface area contributed by atoms with Gasteiger partial charge < -0.3 is 19.4 Å². The number of nitrogens with one attached hydrogen (secondary N) is 1. The Morgan fingerprint density at radius 3 is 1.13 bits per heavy atom. The molecular formula is C73H130N2O7P+. The van der Waals surface area contributed by atoms with Gasteiger partial charge in [0, 0.05) is 12.8 Å². The van der Waals surface area contributed by atoms with E-state index in [1.165, 1.54) is 141 Å². The van der Waals surface area contributed by atoms with Crippen molar-refractivity contribution in [2.24, 2.45) is 0 Å². The number of phosphoric ester groups is 1. The molecule has 10 heteroatoms. The third-order valence-corrected chi connectivity index (χ3v) is 15.7. The second kappa shape index (κ2) is 61.7. The fourth-order valence-corrected chi connectivity index (χ4v) is 10.1. The van der Waals surface area contributed by atoms with Gasteiger partial charge in [-0.15, -0.1) is 0 Å². The van der Waals surface area contributed by atoms with E-state index in [-0.39, 0.29) is 31.5 Å². The van der Waals surface area contributed by atoms with Gasteiger partial charge in [0.2, 0.25) is 5.91 Å². The van der Waals surface area contributed by atoms with Crippen LogP contribution in [0.15, 0.2) is 109 Å². The van der Waals surface area contributed by atoms with Crippen LogP contribution in [0.25, 0.3) is 0 Å². The Morgan fingerprint density at radius 2 is 0.735 bits per heavy atom. The Kier molecular flexibility index (Phi) is 59.3. The van der Waals surface area contributed by atoms with Gasteiger partial charge >= 0.3 is 13.8 Å². The lowest BCUT2D eigenvalue weighted by atomic mass is 10.0. The normalized spacial score (nSPS) is 14.3. The molecule has 1 amide bonds. The molecule has 2 N–H and O–H groups in total. The molecule has 0 aliphatic rings. The fraction of sp³-hybridized carbons (Fsp3) is 0.726. The zero-order chi connectivity index (χ0) is 60.7. The van der Waals surface area contributed by atoms with Crippen LogP contribution < -0.4 is 5.32 Å². The second-order valence-corrected chi connectivity index (χ2v) is 25.4. The van der Waals surface area contributed by atoms with E-state index in [1.807, 2.05) is 33.3 Å². The van der Waals surface area contributed by atoms with Crippen molar-refractivity contribution in [2.45, 2.75) is 303 Å². The fourth-order valence-electron chi connectivity index (χ4n) is 9.38. The number of unbranched alkanes of at least 4 members (excludes halogenated alkanes) is 29. The molecule has 0 fully saturated rings. The van der Waals surface area contributed by atoms with Crippen molar-refractivity contribution in [3.8, 4) is 0 Å². The zero-order valence-corrected chi connectivity index (χ0v) is 55.6. The molecule has 0 rings (SSSR count). The highest BCUT2D eigenvalue weighted by Gasteiger charge is 2.30. The average molecular weight is 1180 g/mol. The molecule has 0 aromatic carbocycles. The molecule has 0 aromatic heterocycles. The van der Waals surface area contributed by atoms with Crippen LogP contribution in [0.4, 0.5) is 0 Å². The lowest BCUT2D eigenvalue weighted by Crippen LogP contribution is -2.47. The number of allylic oxidation sites excluding steroid dienone is 17. The van der Waals surface area contributed by atoms with Crippen molar-refractivity contribution < 1.29 is 37.3 Å². The van der Waals surface area contributed by atoms with Crippen molar-refractivity contribution >= 4 is 19.7 Å². The molecule has 0 aliphatic carbocycles. The van der Waals surface area contributed by atoms with Gasteiger partial charge in [-0.25, -0.2) is 4.57 Å². The maximum absolute atomic E-state index is 13.6. The van der Waals surface area contributed by atoms with Crippen LogP contribution in [0, 0.1) is 0 Å². The number of hydrogen-bond acceptors (Lipinski definition) is 6. The molecule has 9 nitrogen and oxygen atoms in total. The molecule has 0 saturated heterocycles. The highest BCUT2D eigenvalue weighted by Crippen LogP contribution is 2.43. The van der Waals surface area contributed by atoms with E-state index in [0.29, 0.717) is 23.9 Å². The van der Waals surface area contributed by atoms with Crippen molar-refractivity contribution in [1.29, 1.82) is 0 Å². The number of quaternary nitrogens is 1.